The summed E-state index contributed by atoms with van der Waals surface area (Å²) in [6.45, 7) is 0.863. The molecule has 0 spiro atoms. The first-order chi connectivity index (χ1) is 10.3. The number of aryl methyl sites for hydroxylation is 3. The van der Waals surface area contributed by atoms with Gasteiger partial charge in [-0.15, -0.1) is 11.3 Å². The van der Waals surface area contributed by atoms with Crippen molar-refractivity contribution in [1.82, 2.24) is 0 Å². The van der Waals surface area contributed by atoms with Crippen molar-refractivity contribution in [1.29, 1.82) is 0 Å². The number of rotatable bonds is 2. The van der Waals surface area contributed by atoms with E-state index >= 15 is 0 Å². The number of alkyl halides is 1. The molecule has 1 unspecified atom stereocenters. The Balaban J connectivity index is 1.64. The number of thiophene rings is 1. The van der Waals surface area contributed by atoms with Crippen molar-refractivity contribution in [2.24, 2.45) is 0 Å². The Morgan fingerprint density at radius 3 is 2.76 bits per heavy atom. The van der Waals surface area contributed by atoms with E-state index in [1.165, 1.54) is 41.7 Å². The first kappa shape index (κ1) is 13.8. The van der Waals surface area contributed by atoms with E-state index in [9.17, 15) is 0 Å². The molecule has 1 aromatic heterocycles. The highest BCUT2D eigenvalue weighted by molar-refractivity contribution is 9.09. The molecular formula is C18H19BrOS. The average Bonchev–Trinajstić information content (AvgIpc) is 2.97. The van der Waals surface area contributed by atoms with Crippen LogP contribution in [0.3, 0.4) is 0 Å². The maximum Gasteiger partial charge on any atom is 0.122 e. The summed E-state index contributed by atoms with van der Waals surface area (Å²) in [5, 5.41) is 0. The van der Waals surface area contributed by atoms with Gasteiger partial charge in [0.05, 0.1) is 11.4 Å². The molecule has 1 atom stereocenters. The lowest BCUT2D eigenvalue weighted by Gasteiger charge is -2.19. The van der Waals surface area contributed by atoms with Crippen LogP contribution in [0.2, 0.25) is 0 Å². The Kier molecular flexibility index (Phi) is 3.80. The Hall–Kier alpha value is -0.800. The van der Waals surface area contributed by atoms with Gasteiger partial charge in [-0.1, -0.05) is 28.1 Å². The zero-order valence-electron chi connectivity index (χ0n) is 12.0. The van der Waals surface area contributed by atoms with Crippen molar-refractivity contribution >= 4 is 27.3 Å². The predicted molar refractivity (Wildman–Crippen MR) is 92.0 cm³/mol. The van der Waals surface area contributed by atoms with E-state index in [-0.39, 0.29) is 0 Å². The van der Waals surface area contributed by atoms with Crippen molar-refractivity contribution in [2.75, 3.05) is 6.61 Å². The third kappa shape index (κ3) is 2.66. The quantitative estimate of drug-likeness (QED) is 0.646. The van der Waals surface area contributed by atoms with E-state index in [4.69, 9.17) is 4.74 Å². The second-order valence-electron chi connectivity index (χ2n) is 5.99. The monoisotopic (exact) mass is 362 g/mol. The number of benzene rings is 1. The van der Waals surface area contributed by atoms with Crippen molar-refractivity contribution in [3.63, 3.8) is 0 Å². The lowest BCUT2D eigenvalue weighted by Crippen LogP contribution is -2.08. The molecule has 4 rings (SSSR count). The highest BCUT2D eigenvalue weighted by Crippen LogP contribution is 2.40. The number of hydrogen-bond donors (Lipinski definition) is 0. The number of halogens is 1. The summed E-state index contributed by atoms with van der Waals surface area (Å²) in [6.07, 6.45) is 7.53. The van der Waals surface area contributed by atoms with E-state index in [0.717, 1.165) is 25.2 Å². The molecule has 0 N–H and O–H groups in total. The maximum atomic E-state index is 5.72. The minimum atomic E-state index is 0.320. The van der Waals surface area contributed by atoms with Gasteiger partial charge in [-0.05, 0) is 67.3 Å². The van der Waals surface area contributed by atoms with Crippen LogP contribution >= 0.6 is 27.3 Å². The molecule has 0 bridgehead atoms. The SMILES string of the molecule is BrC(c1ccc2c(c1)CCCO2)c1cc2c(s1)CCCC2. The van der Waals surface area contributed by atoms with Crippen molar-refractivity contribution in [3.8, 4) is 5.75 Å². The first-order valence-corrected chi connectivity index (χ1v) is 9.55. The van der Waals surface area contributed by atoms with Gasteiger partial charge in [-0.25, -0.2) is 0 Å². The molecule has 0 saturated carbocycles. The van der Waals surface area contributed by atoms with Crippen LogP contribution in [0.25, 0.3) is 0 Å². The molecular weight excluding hydrogens is 344 g/mol. The van der Waals surface area contributed by atoms with Gasteiger partial charge in [-0.2, -0.15) is 0 Å². The standard InChI is InChI=1S/C18H19BrOS/c19-18(17-11-13-4-1-2-6-16(13)21-17)14-7-8-15-12(10-14)5-3-9-20-15/h7-8,10-11,18H,1-6,9H2. The molecule has 2 aromatic rings. The van der Waals surface area contributed by atoms with E-state index in [1.807, 2.05) is 11.3 Å². The van der Waals surface area contributed by atoms with Gasteiger partial charge in [0.15, 0.2) is 0 Å². The number of ether oxygens (including phenoxy) is 1. The summed E-state index contributed by atoms with van der Waals surface area (Å²) in [5.74, 6) is 1.08. The number of fused-ring (bicyclic) bond motifs is 2. The Morgan fingerprint density at radius 2 is 1.86 bits per heavy atom. The fourth-order valence-electron chi connectivity index (χ4n) is 3.34. The minimum Gasteiger partial charge on any atom is -0.493 e. The Labute approximate surface area is 138 Å². The fourth-order valence-corrected chi connectivity index (χ4v) is 5.30. The molecule has 2 heterocycles. The van der Waals surface area contributed by atoms with Crippen LogP contribution in [-0.2, 0) is 19.3 Å². The normalized spacial score (nSPS) is 18.5. The highest BCUT2D eigenvalue weighted by Gasteiger charge is 2.20. The fraction of sp³-hybridized carbons (Fsp3) is 0.444. The van der Waals surface area contributed by atoms with E-state index in [2.05, 4.69) is 40.2 Å². The minimum absolute atomic E-state index is 0.320. The molecule has 1 aliphatic heterocycles. The maximum absolute atomic E-state index is 5.72. The van der Waals surface area contributed by atoms with E-state index < -0.39 is 0 Å². The van der Waals surface area contributed by atoms with Crippen LogP contribution in [0.15, 0.2) is 24.3 Å². The summed E-state index contributed by atoms with van der Waals surface area (Å²) >= 11 is 5.92. The van der Waals surface area contributed by atoms with E-state index in [1.54, 1.807) is 10.4 Å². The van der Waals surface area contributed by atoms with Gasteiger partial charge in [-0.3, -0.25) is 0 Å². The van der Waals surface area contributed by atoms with Gasteiger partial charge in [0.2, 0.25) is 0 Å². The van der Waals surface area contributed by atoms with Crippen LogP contribution in [-0.4, -0.2) is 6.61 Å². The summed E-state index contributed by atoms with van der Waals surface area (Å²) in [7, 11) is 0. The smallest absolute Gasteiger partial charge is 0.122 e. The predicted octanol–water partition coefficient (Wildman–Crippen LogP) is 5.44. The van der Waals surface area contributed by atoms with Gasteiger partial charge in [0.1, 0.15) is 5.75 Å². The lowest BCUT2D eigenvalue weighted by atomic mass is 9.98. The molecule has 3 heteroatoms. The topological polar surface area (TPSA) is 9.23 Å². The molecule has 110 valence electrons. The molecule has 0 saturated heterocycles. The summed E-state index contributed by atoms with van der Waals surface area (Å²) in [4.78, 5) is 3.39. The average molecular weight is 363 g/mol. The van der Waals surface area contributed by atoms with Crippen molar-refractivity contribution in [3.05, 3.63) is 50.7 Å². The summed E-state index contributed by atoms with van der Waals surface area (Å²) in [5.41, 5.74) is 4.31. The van der Waals surface area contributed by atoms with Gasteiger partial charge >= 0.3 is 0 Å². The molecule has 0 amide bonds. The molecule has 1 nitrogen and oxygen atoms in total. The molecule has 0 radical (unpaired) electrons. The molecule has 2 aliphatic rings. The molecule has 1 aromatic carbocycles. The van der Waals surface area contributed by atoms with Gasteiger partial charge < -0.3 is 4.74 Å². The zero-order chi connectivity index (χ0) is 14.2. The summed E-state index contributed by atoms with van der Waals surface area (Å²) in [6, 6.07) is 9.11. The van der Waals surface area contributed by atoms with Crippen molar-refractivity contribution in [2.45, 2.75) is 43.4 Å². The summed E-state index contributed by atoms with van der Waals surface area (Å²) < 4.78 is 5.72. The second-order valence-corrected chi connectivity index (χ2v) is 8.07. The van der Waals surface area contributed by atoms with Crippen LogP contribution in [0, 0.1) is 0 Å². The van der Waals surface area contributed by atoms with Crippen LogP contribution in [0.1, 0.15) is 50.5 Å². The lowest BCUT2D eigenvalue weighted by molar-refractivity contribution is 0.288. The van der Waals surface area contributed by atoms with E-state index in [0.29, 0.717) is 4.83 Å². The first-order valence-electron chi connectivity index (χ1n) is 7.82. The molecule has 1 aliphatic carbocycles. The Bertz CT molecular complexity index is 638. The van der Waals surface area contributed by atoms with Crippen molar-refractivity contribution < 1.29 is 4.74 Å². The van der Waals surface area contributed by atoms with Gasteiger partial charge in [0.25, 0.3) is 0 Å². The van der Waals surface area contributed by atoms with Crippen LogP contribution < -0.4 is 4.74 Å². The van der Waals surface area contributed by atoms with Crippen LogP contribution in [0.5, 0.6) is 5.75 Å². The Morgan fingerprint density at radius 1 is 1.00 bits per heavy atom. The molecule has 21 heavy (non-hydrogen) atoms. The zero-order valence-corrected chi connectivity index (χ0v) is 14.4. The number of hydrogen-bond acceptors (Lipinski definition) is 2. The van der Waals surface area contributed by atoms with Crippen LogP contribution in [0.4, 0.5) is 0 Å². The third-order valence-electron chi connectivity index (χ3n) is 4.49. The highest BCUT2D eigenvalue weighted by atomic mass is 79.9. The second kappa shape index (κ2) is 5.77. The van der Waals surface area contributed by atoms with Gasteiger partial charge in [0, 0.05) is 9.75 Å². The molecule has 0 fully saturated rings. The third-order valence-corrected chi connectivity index (χ3v) is 7.12. The largest absolute Gasteiger partial charge is 0.493 e.